The normalized spacial score (nSPS) is 10.2. The predicted octanol–water partition coefficient (Wildman–Crippen LogP) is 3.75. The van der Waals surface area contributed by atoms with E-state index in [9.17, 15) is 0 Å². The van der Waals surface area contributed by atoms with Crippen molar-refractivity contribution in [2.75, 3.05) is 19.0 Å². The maximum atomic E-state index is 5.84. The molecule has 0 radical (unpaired) electrons. The molecule has 0 saturated heterocycles. The van der Waals surface area contributed by atoms with Crippen LogP contribution in [0.25, 0.3) is 0 Å². The Bertz CT molecular complexity index is 576. The summed E-state index contributed by atoms with van der Waals surface area (Å²) in [6, 6.07) is 11.3. The maximum Gasteiger partial charge on any atom is 0.161 e. The fraction of sp³-hybridized carbons (Fsp3) is 0.267. The van der Waals surface area contributed by atoms with E-state index in [0.29, 0.717) is 18.3 Å². The van der Waals surface area contributed by atoms with Gasteiger partial charge in [0.25, 0.3) is 0 Å². The summed E-state index contributed by atoms with van der Waals surface area (Å²) in [7, 11) is 1.63. The molecule has 0 fully saturated rings. The van der Waals surface area contributed by atoms with Crippen molar-refractivity contribution >= 4 is 17.4 Å². The Balaban J connectivity index is 2.07. The highest BCUT2D eigenvalue weighted by molar-refractivity contribution is 6.29. The van der Waals surface area contributed by atoms with E-state index in [1.807, 2.05) is 37.3 Å². The molecular formula is C15H17ClN2O2. The highest BCUT2D eigenvalue weighted by Crippen LogP contribution is 2.28. The molecule has 2 rings (SSSR count). The minimum atomic E-state index is 0.472. The Morgan fingerprint density at radius 1 is 1.20 bits per heavy atom. The van der Waals surface area contributed by atoms with Crippen LogP contribution in [-0.2, 0) is 6.54 Å². The smallest absolute Gasteiger partial charge is 0.161 e. The van der Waals surface area contributed by atoms with E-state index in [2.05, 4.69) is 10.3 Å². The van der Waals surface area contributed by atoms with Gasteiger partial charge in [0.2, 0.25) is 0 Å². The number of hydrogen-bond donors (Lipinski definition) is 1. The van der Waals surface area contributed by atoms with Gasteiger partial charge in [-0.15, -0.1) is 0 Å². The number of halogens is 1. The fourth-order valence-electron chi connectivity index (χ4n) is 1.80. The number of rotatable bonds is 6. The lowest BCUT2D eigenvalue weighted by Crippen LogP contribution is -2.02. The van der Waals surface area contributed by atoms with Crippen LogP contribution in [0.1, 0.15) is 12.5 Å². The third-order valence-corrected chi connectivity index (χ3v) is 2.93. The first kappa shape index (κ1) is 14.5. The lowest BCUT2D eigenvalue weighted by atomic mass is 10.2. The monoisotopic (exact) mass is 292 g/mol. The molecular weight excluding hydrogens is 276 g/mol. The van der Waals surface area contributed by atoms with E-state index >= 15 is 0 Å². The molecule has 1 aromatic carbocycles. The largest absolute Gasteiger partial charge is 0.493 e. The molecule has 0 spiro atoms. The third kappa shape index (κ3) is 3.78. The van der Waals surface area contributed by atoms with Crippen LogP contribution in [0.3, 0.4) is 0 Å². The lowest BCUT2D eigenvalue weighted by Gasteiger charge is -2.12. The summed E-state index contributed by atoms with van der Waals surface area (Å²) in [5.41, 5.74) is 1.08. The van der Waals surface area contributed by atoms with Gasteiger partial charge in [0, 0.05) is 6.54 Å². The molecule has 5 heteroatoms. The molecule has 0 atom stereocenters. The van der Waals surface area contributed by atoms with Crippen LogP contribution in [0.5, 0.6) is 11.5 Å². The van der Waals surface area contributed by atoms with Crippen LogP contribution in [0.15, 0.2) is 36.4 Å². The summed E-state index contributed by atoms with van der Waals surface area (Å²) in [5, 5.41) is 3.69. The maximum absolute atomic E-state index is 5.84. The predicted molar refractivity (Wildman–Crippen MR) is 80.7 cm³/mol. The number of nitrogens with zero attached hydrogens (tertiary/aromatic N) is 1. The molecule has 20 heavy (non-hydrogen) atoms. The average molecular weight is 293 g/mol. The number of benzene rings is 1. The summed E-state index contributed by atoms with van der Waals surface area (Å²) in [6.07, 6.45) is 0. The summed E-state index contributed by atoms with van der Waals surface area (Å²) in [5.74, 6) is 2.22. The molecule has 0 saturated carbocycles. The quantitative estimate of drug-likeness (QED) is 0.824. The molecule has 2 aromatic rings. The van der Waals surface area contributed by atoms with Gasteiger partial charge in [-0.05, 0) is 36.8 Å². The Hall–Kier alpha value is -1.94. The highest BCUT2D eigenvalue weighted by Gasteiger charge is 2.05. The topological polar surface area (TPSA) is 43.4 Å². The molecule has 1 N–H and O–H groups in total. The Kier molecular flexibility index (Phi) is 5.07. The van der Waals surface area contributed by atoms with Crippen molar-refractivity contribution in [3.63, 3.8) is 0 Å². The molecule has 0 unspecified atom stereocenters. The molecule has 0 aliphatic heterocycles. The molecule has 106 valence electrons. The van der Waals surface area contributed by atoms with Gasteiger partial charge in [-0.3, -0.25) is 0 Å². The van der Waals surface area contributed by atoms with Gasteiger partial charge in [0.05, 0.1) is 13.7 Å². The Morgan fingerprint density at radius 3 is 2.75 bits per heavy atom. The first-order valence-corrected chi connectivity index (χ1v) is 6.77. The van der Waals surface area contributed by atoms with E-state index < -0.39 is 0 Å². The number of methoxy groups -OCH3 is 1. The second kappa shape index (κ2) is 7.01. The van der Waals surface area contributed by atoms with Gasteiger partial charge in [0.15, 0.2) is 11.5 Å². The van der Waals surface area contributed by atoms with Crippen LogP contribution in [0.4, 0.5) is 5.82 Å². The third-order valence-electron chi connectivity index (χ3n) is 2.72. The van der Waals surface area contributed by atoms with Gasteiger partial charge in [-0.2, -0.15) is 0 Å². The number of aromatic nitrogens is 1. The van der Waals surface area contributed by atoms with Crippen LogP contribution in [0.2, 0.25) is 5.15 Å². The SMILES string of the molecule is CCOc1cc(CNc2cccc(Cl)n2)ccc1OC. The molecule has 0 aliphatic carbocycles. The van der Waals surface area contributed by atoms with E-state index in [1.165, 1.54) is 0 Å². The van der Waals surface area contributed by atoms with Crippen molar-refractivity contribution in [2.24, 2.45) is 0 Å². The minimum Gasteiger partial charge on any atom is -0.493 e. The number of hydrogen-bond acceptors (Lipinski definition) is 4. The first-order chi connectivity index (χ1) is 9.72. The molecule has 4 nitrogen and oxygen atoms in total. The zero-order valence-corrected chi connectivity index (χ0v) is 12.3. The zero-order valence-electron chi connectivity index (χ0n) is 11.5. The van der Waals surface area contributed by atoms with E-state index in [0.717, 1.165) is 22.9 Å². The highest BCUT2D eigenvalue weighted by atomic mass is 35.5. The summed E-state index contributed by atoms with van der Waals surface area (Å²) in [4.78, 5) is 4.18. The van der Waals surface area contributed by atoms with Crippen LogP contribution < -0.4 is 14.8 Å². The van der Waals surface area contributed by atoms with Crippen molar-refractivity contribution in [2.45, 2.75) is 13.5 Å². The molecule has 1 heterocycles. The number of ether oxygens (including phenoxy) is 2. The van der Waals surface area contributed by atoms with Gasteiger partial charge in [-0.1, -0.05) is 23.7 Å². The van der Waals surface area contributed by atoms with Crippen LogP contribution in [-0.4, -0.2) is 18.7 Å². The van der Waals surface area contributed by atoms with Crippen molar-refractivity contribution < 1.29 is 9.47 Å². The fourth-order valence-corrected chi connectivity index (χ4v) is 1.96. The zero-order chi connectivity index (χ0) is 14.4. The van der Waals surface area contributed by atoms with Gasteiger partial charge in [0.1, 0.15) is 11.0 Å². The Labute approximate surface area is 123 Å². The second-order valence-electron chi connectivity index (χ2n) is 4.12. The second-order valence-corrected chi connectivity index (χ2v) is 4.50. The number of nitrogens with one attached hydrogen (secondary N) is 1. The van der Waals surface area contributed by atoms with E-state index in [4.69, 9.17) is 21.1 Å². The Morgan fingerprint density at radius 2 is 2.05 bits per heavy atom. The summed E-state index contributed by atoms with van der Waals surface area (Å²) >= 11 is 5.84. The standard InChI is InChI=1S/C15H17ClN2O2/c1-3-20-13-9-11(7-8-12(13)19-2)10-17-15-6-4-5-14(16)18-15/h4-9H,3,10H2,1-2H3,(H,17,18). The average Bonchev–Trinajstić information content (AvgIpc) is 2.46. The lowest BCUT2D eigenvalue weighted by molar-refractivity contribution is 0.310. The molecule has 0 aliphatic rings. The summed E-state index contributed by atoms with van der Waals surface area (Å²) in [6.45, 7) is 3.18. The van der Waals surface area contributed by atoms with Crippen molar-refractivity contribution in [3.05, 3.63) is 47.1 Å². The molecule has 0 amide bonds. The number of anilines is 1. The van der Waals surface area contributed by atoms with Crippen molar-refractivity contribution in [1.29, 1.82) is 0 Å². The first-order valence-electron chi connectivity index (χ1n) is 6.39. The molecule has 1 aromatic heterocycles. The van der Waals surface area contributed by atoms with Gasteiger partial charge < -0.3 is 14.8 Å². The van der Waals surface area contributed by atoms with Gasteiger partial charge >= 0.3 is 0 Å². The van der Waals surface area contributed by atoms with Crippen molar-refractivity contribution in [1.82, 2.24) is 4.98 Å². The minimum absolute atomic E-state index is 0.472. The summed E-state index contributed by atoms with van der Waals surface area (Å²) < 4.78 is 10.8. The van der Waals surface area contributed by atoms with Crippen LogP contribution >= 0.6 is 11.6 Å². The van der Waals surface area contributed by atoms with E-state index in [-0.39, 0.29) is 0 Å². The number of pyridine rings is 1. The van der Waals surface area contributed by atoms with Gasteiger partial charge in [-0.25, -0.2) is 4.98 Å². The van der Waals surface area contributed by atoms with E-state index in [1.54, 1.807) is 13.2 Å². The molecule has 0 bridgehead atoms. The van der Waals surface area contributed by atoms with Crippen LogP contribution in [0, 0.1) is 0 Å². The van der Waals surface area contributed by atoms with Crippen molar-refractivity contribution in [3.8, 4) is 11.5 Å².